The molecule has 0 fully saturated rings. The van der Waals surface area contributed by atoms with Crippen molar-refractivity contribution in [3.05, 3.63) is 35.6 Å². The standard InChI is InChI=1S/C12H18FNO2/c1-9(14-8-12(15-2)16-3)10-4-6-11(13)7-5-10/h4-7,9,12,14H,8H2,1-3H3/t9-/m0/s1. The summed E-state index contributed by atoms with van der Waals surface area (Å²) >= 11 is 0. The Balaban J connectivity index is 2.46. The summed E-state index contributed by atoms with van der Waals surface area (Å²) in [4.78, 5) is 0. The minimum atomic E-state index is -0.261. The molecule has 0 aliphatic carbocycles. The average Bonchev–Trinajstić information content (AvgIpc) is 2.31. The van der Waals surface area contributed by atoms with E-state index in [1.807, 2.05) is 6.92 Å². The van der Waals surface area contributed by atoms with Gasteiger partial charge < -0.3 is 14.8 Å². The van der Waals surface area contributed by atoms with E-state index in [0.717, 1.165) is 5.56 Å². The molecule has 0 saturated heterocycles. The van der Waals surface area contributed by atoms with Crippen molar-refractivity contribution in [2.75, 3.05) is 20.8 Å². The lowest BCUT2D eigenvalue weighted by atomic mass is 10.1. The molecule has 0 aliphatic rings. The molecule has 0 heterocycles. The lowest BCUT2D eigenvalue weighted by molar-refractivity contribution is -0.0997. The average molecular weight is 227 g/mol. The molecule has 1 aromatic carbocycles. The first-order chi connectivity index (χ1) is 7.67. The second-order valence-corrected chi connectivity index (χ2v) is 3.58. The van der Waals surface area contributed by atoms with Gasteiger partial charge in [-0.2, -0.15) is 0 Å². The van der Waals surface area contributed by atoms with Gasteiger partial charge in [-0.05, 0) is 24.6 Å². The van der Waals surface area contributed by atoms with Crippen molar-refractivity contribution >= 4 is 0 Å². The number of nitrogens with one attached hydrogen (secondary N) is 1. The zero-order chi connectivity index (χ0) is 12.0. The van der Waals surface area contributed by atoms with Gasteiger partial charge in [0, 0.05) is 26.8 Å². The monoisotopic (exact) mass is 227 g/mol. The predicted molar refractivity (Wildman–Crippen MR) is 60.6 cm³/mol. The summed E-state index contributed by atoms with van der Waals surface area (Å²) < 4.78 is 22.8. The van der Waals surface area contributed by atoms with Gasteiger partial charge in [-0.3, -0.25) is 0 Å². The van der Waals surface area contributed by atoms with Crippen molar-refractivity contribution in [3.8, 4) is 0 Å². The SMILES string of the molecule is COC(CN[C@@H](C)c1ccc(F)cc1)OC. The van der Waals surface area contributed by atoms with Crippen molar-refractivity contribution < 1.29 is 13.9 Å². The molecule has 1 atom stereocenters. The third kappa shape index (κ3) is 3.89. The van der Waals surface area contributed by atoms with Crippen molar-refractivity contribution in [2.24, 2.45) is 0 Å². The third-order valence-corrected chi connectivity index (χ3v) is 2.49. The lowest BCUT2D eigenvalue weighted by Crippen LogP contribution is -2.31. The minimum Gasteiger partial charge on any atom is -0.355 e. The van der Waals surface area contributed by atoms with Gasteiger partial charge in [-0.1, -0.05) is 12.1 Å². The van der Waals surface area contributed by atoms with Gasteiger partial charge in [-0.25, -0.2) is 4.39 Å². The first-order valence-electron chi connectivity index (χ1n) is 5.21. The second-order valence-electron chi connectivity index (χ2n) is 3.58. The topological polar surface area (TPSA) is 30.5 Å². The van der Waals surface area contributed by atoms with Gasteiger partial charge >= 0.3 is 0 Å². The molecular weight excluding hydrogens is 209 g/mol. The van der Waals surface area contributed by atoms with Crippen LogP contribution in [0, 0.1) is 5.82 Å². The van der Waals surface area contributed by atoms with E-state index in [1.54, 1.807) is 26.4 Å². The third-order valence-electron chi connectivity index (χ3n) is 2.49. The highest BCUT2D eigenvalue weighted by Crippen LogP contribution is 2.12. The van der Waals surface area contributed by atoms with E-state index < -0.39 is 0 Å². The Labute approximate surface area is 95.6 Å². The van der Waals surface area contributed by atoms with Gasteiger partial charge in [-0.15, -0.1) is 0 Å². The smallest absolute Gasteiger partial charge is 0.169 e. The van der Waals surface area contributed by atoms with E-state index in [-0.39, 0.29) is 18.1 Å². The molecule has 0 aromatic heterocycles. The van der Waals surface area contributed by atoms with Gasteiger partial charge in [0.15, 0.2) is 6.29 Å². The molecule has 4 heteroatoms. The Morgan fingerprint density at radius 2 is 1.75 bits per heavy atom. The highest BCUT2D eigenvalue weighted by molar-refractivity contribution is 5.19. The van der Waals surface area contributed by atoms with Crippen LogP contribution < -0.4 is 5.32 Å². The molecule has 0 bridgehead atoms. The molecule has 3 nitrogen and oxygen atoms in total. The zero-order valence-electron chi connectivity index (χ0n) is 9.87. The number of methoxy groups -OCH3 is 2. The Bertz CT molecular complexity index is 298. The van der Waals surface area contributed by atoms with Crippen LogP contribution in [0.5, 0.6) is 0 Å². The summed E-state index contributed by atoms with van der Waals surface area (Å²) in [6.07, 6.45) is -0.261. The molecule has 0 amide bonds. The van der Waals surface area contributed by atoms with E-state index >= 15 is 0 Å². The van der Waals surface area contributed by atoms with Gasteiger partial charge in [0.05, 0.1) is 0 Å². The fourth-order valence-electron chi connectivity index (χ4n) is 1.41. The van der Waals surface area contributed by atoms with Gasteiger partial charge in [0.2, 0.25) is 0 Å². The highest BCUT2D eigenvalue weighted by atomic mass is 19.1. The Morgan fingerprint density at radius 3 is 2.25 bits per heavy atom. The van der Waals surface area contributed by atoms with Crippen LogP contribution in [0.4, 0.5) is 4.39 Å². The van der Waals surface area contributed by atoms with Gasteiger partial charge in [0.1, 0.15) is 5.82 Å². The van der Waals surface area contributed by atoms with Crippen LogP contribution in [0.2, 0.25) is 0 Å². The molecule has 16 heavy (non-hydrogen) atoms. The summed E-state index contributed by atoms with van der Waals surface area (Å²) in [5.41, 5.74) is 1.03. The van der Waals surface area contributed by atoms with Crippen LogP contribution in [-0.4, -0.2) is 27.1 Å². The van der Waals surface area contributed by atoms with E-state index in [9.17, 15) is 4.39 Å². The molecule has 0 saturated carbocycles. The van der Waals surface area contributed by atoms with Crippen molar-refractivity contribution in [2.45, 2.75) is 19.3 Å². The highest BCUT2D eigenvalue weighted by Gasteiger charge is 2.09. The van der Waals surface area contributed by atoms with Crippen molar-refractivity contribution in [3.63, 3.8) is 0 Å². The van der Waals surface area contributed by atoms with Crippen LogP contribution in [0.3, 0.4) is 0 Å². The molecule has 0 spiro atoms. The van der Waals surface area contributed by atoms with Crippen LogP contribution in [-0.2, 0) is 9.47 Å². The van der Waals surface area contributed by atoms with Crippen molar-refractivity contribution in [1.82, 2.24) is 5.32 Å². The molecule has 90 valence electrons. The zero-order valence-corrected chi connectivity index (χ0v) is 9.87. The lowest BCUT2D eigenvalue weighted by Gasteiger charge is -2.18. The Morgan fingerprint density at radius 1 is 1.19 bits per heavy atom. The van der Waals surface area contributed by atoms with Crippen LogP contribution in [0.25, 0.3) is 0 Å². The summed E-state index contributed by atoms with van der Waals surface area (Å²) in [5, 5.41) is 3.25. The molecule has 1 rings (SSSR count). The molecule has 0 radical (unpaired) electrons. The molecule has 1 N–H and O–H groups in total. The summed E-state index contributed by atoms with van der Waals surface area (Å²) in [7, 11) is 3.19. The van der Waals surface area contributed by atoms with Crippen LogP contribution >= 0.6 is 0 Å². The van der Waals surface area contributed by atoms with E-state index in [1.165, 1.54) is 12.1 Å². The maximum Gasteiger partial charge on any atom is 0.169 e. The van der Waals surface area contributed by atoms with E-state index in [2.05, 4.69) is 5.32 Å². The fourth-order valence-corrected chi connectivity index (χ4v) is 1.41. The largest absolute Gasteiger partial charge is 0.355 e. The predicted octanol–water partition coefficient (Wildman–Crippen LogP) is 2.10. The Hall–Kier alpha value is -0.970. The minimum absolute atomic E-state index is 0.133. The fraction of sp³-hybridized carbons (Fsp3) is 0.500. The van der Waals surface area contributed by atoms with Crippen LogP contribution in [0.1, 0.15) is 18.5 Å². The maximum atomic E-state index is 12.7. The summed E-state index contributed by atoms with van der Waals surface area (Å²) in [6, 6.07) is 6.58. The Kier molecular flexibility index (Phi) is 5.38. The van der Waals surface area contributed by atoms with E-state index in [0.29, 0.717) is 6.54 Å². The first-order valence-corrected chi connectivity index (χ1v) is 5.21. The number of hydrogen-bond donors (Lipinski definition) is 1. The summed E-state index contributed by atoms with van der Waals surface area (Å²) in [5.74, 6) is -0.220. The number of rotatable bonds is 6. The first kappa shape index (κ1) is 13.1. The van der Waals surface area contributed by atoms with Crippen molar-refractivity contribution in [1.29, 1.82) is 0 Å². The van der Waals surface area contributed by atoms with E-state index in [4.69, 9.17) is 9.47 Å². The number of hydrogen-bond acceptors (Lipinski definition) is 3. The molecular formula is C12H18FNO2. The van der Waals surface area contributed by atoms with Crippen LogP contribution in [0.15, 0.2) is 24.3 Å². The molecule has 1 aromatic rings. The maximum absolute atomic E-state index is 12.7. The van der Waals surface area contributed by atoms with Gasteiger partial charge in [0.25, 0.3) is 0 Å². The number of benzene rings is 1. The number of halogens is 1. The molecule has 0 aliphatic heterocycles. The normalized spacial score (nSPS) is 13.1. The number of ether oxygens (including phenoxy) is 2. The molecule has 0 unspecified atom stereocenters. The summed E-state index contributed by atoms with van der Waals surface area (Å²) in [6.45, 7) is 2.60. The quantitative estimate of drug-likeness (QED) is 0.755. The second kappa shape index (κ2) is 6.58.